The van der Waals surface area contributed by atoms with E-state index in [-0.39, 0.29) is 11.2 Å². The number of benzene rings is 3. The first-order valence-corrected chi connectivity index (χ1v) is 11.4. The number of nitrogens with zero attached hydrogens (tertiary/aromatic N) is 6. The lowest BCUT2D eigenvalue weighted by Gasteiger charge is -2.16. The molecule has 0 amide bonds. The number of halogens is 1. The number of pyridine rings is 1. The molecule has 0 saturated carbocycles. The van der Waals surface area contributed by atoms with Crippen LogP contribution in [0.4, 0.5) is 11.4 Å². The van der Waals surface area contributed by atoms with Crippen molar-refractivity contribution in [3.8, 4) is 28.4 Å². The molecule has 0 bridgehead atoms. The minimum Gasteiger partial charge on any atom is -0.497 e. The molecule has 0 aliphatic heterocycles. The minimum atomic E-state index is -0.382. The van der Waals surface area contributed by atoms with Crippen LogP contribution in [0.25, 0.3) is 22.6 Å². The molecule has 5 aromatic rings. The first-order valence-electron chi connectivity index (χ1n) is 11.1. The molecule has 0 aliphatic carbocycles. The van der Waals surface area contributed by atoms with Crippen LogP contribution in [0.1, 0.15) is 5.56 Å². The zero-order chi connectivity index (χ0) is 25.1. The van der Waals surface area contributed by atoms with Crippen LogP contribution >= 0.6 is 11.6 Å². The van der Waals surface area contributed by atoms with Crippen LogP contribution in [0.15, 0.2) is 107 Å². The molecular formula is C27H21ClN6O2. The van der Waals surface area contributed by atoms with Crippen LogP contribution in [0.3, 0.4) is 0 Å². The van der Waals surface area contributed by atoms with Gasteiger partial charge in [-0.25, -0.2) is 9.67 Å². The van der Waals surface area contributed by atoms with E-state index in [1.165, 1.54) is 21.9 Å². The first kappa shape index (κ1) is 23.2. The molecule has 8 nitrogen and oxygen atoms in total. The van der Waals surface area contributed by atoms with E-state index in [4.69, 9.17) is 16.3 Å². The zero-order valence-electron chi connectivity index (χ0n) is 19.5. The molecule has 9 heteroatoms. The normalized spacial score (nSPS) is 11.2. The Morgan fingerprint density at radius 3 is 2.39 bits per heavy atom. The summed E-state index contributed by atoms with van der Waals surface area (Å²) in [5.74, 6) is 1.17. The number of methoxy groups -OCH3 is 1. The molecule has 0 aliphatic rings. The quantitative estimate of drug-likeness (QED) is 0.252. The van der Waals surface area contributed by atoms with Crippen LogP contribution in [-0.4, -0.2) is 26.4 Å². The van der Waals surface area contributed by atoms with E-state index >= 15 is 0 Å². The molecule has 0 atom stereocenters. The molecule has 178 valence electrons. The second-order valence-corrected chi connectivity index (χ2v) is 8.43. The largest absolute Gasteiger partial charge is 0.497 e. The molecule has 0 radical (unpaired) electrons. The van der Waals surface area contributed by atoms with Gasteiger partial charge in [-0.15, -0.1) is 5.11 Å². The molecule has 0 unspecified atom stereocenters. The summed E-state index contributed by atoms with van der Waals surface area (Å²) in [4.78, 5) is 18.1. The van der Waals surface area contributed by atoms with Crippen molar-refractivity contribution >= 4 is 23.0 Å². The highest BCUT2D eigenvalue weighted by Gasteiger charge is 2.19. The van der Waals surface area contributed by atoms with Crippen molar-refractivity contribution in [3.63, 3.8) is 0 Å². The Balaban J connectivity index is 1.79. The van der Waals surface area contributed by atoms with Gasteiger partial charge in [0.25, 0.3) is 5.56 Å². The van der Waals surface area contributed by atoms with Crippen molar-refractivity contribution in [1.82, 2.24) is 19.3 Å². The zero-order valence-corrected chi connectivity index (χ0v) is 20.3. The van der Waals surface area contributed by atoms with Gasteiger partial charge in [0.15, 0.2) is 5.69 Å². The molecule has 0 spiro atoms. The van der Waals surface area contributed by atoms with E-state index in [0.717, 1.165) is 11.1 Å². The second kappa shape index (κ2) is 9.97. The molecule has 0 fully saturated rings. The highest BCUT2D eigenvalue weighted by atomic mass is 35.5. The van der Waals surface area contributed by atoms with Gasteiger partial charge in [-0.1, -0.05) is 47.5 Å². The molecule has 2 aromatic heterocycles. The van der Waals surface area contributed by atoms with Crippen molar-refractivity contribution < 1.29 is 4.74 Å². The predicted octanol–water partition coefficient (Wildman–Crippen LogP) is 6.47. The van der Waals surface area contributed by atoms with Gasteiger partial charge in [0.2, 0.25) is 0 Å². The monoisotopic (exact) mass is 496 g/mol. The second-order valence-electron chi connectivity index (χ2n) is 7.99. The third-order valence-corrected chi connectivity index (χ3v) is 5.82. The Labute approximate surface area is 212 Å². The number of aromatic nitrogens is 4. The van der Waals surface area contributed by atoms with E-state index in [9.17, 15) is 4.79 Å². The van der Waals surface area contributed by atoms with Gasteiger partial charge in [0.1, 0.15) is 24.2 Å². The molecule has 0 saturated heterocycles. The summed E-state index contributed by atoms with van der Waals surface area (Å²) in [5, 5.41) is 13.6. The van der Waals surface area contributed by atoms with E-state index in [2.05, 4.69) is 20.3 Å². The number of hydrogen-bond donors (Lipinski definition) is 0. The highest BCUT2D eigenvalue weighted by Crippen LogP contribution is 2.33. The number of hydrogen-bond acceptors (Lipinski definition) is 6. The fourth-order valence-electron chi connectivity index (χ4n) is 3.75. The fraction of sp³-hybridized carbons (Fsp3) is 0.0741. The van der Waals surface area contributed by atoms with Crippen LogP contribution in [0.2, 0.25) is 5.02 Å². The van der Waals surface area contributed by atoms with Crippen molar-refractivity contribution in [1.29, 1.82) is 0 Å². The van der Waals surface area contributed by atoms with Crippen molar-refractivity contribution in [2.45, 2.75) is 6.92 Å². The smallest absolute Gasteiger partial charge is 0.285 e. The Hall–Kier alpha value is -4.56. The summed E-state index contributed by atoms with van der Waals surface area (Å²) >= 11 is 6.27. The number of ether oxygens (including phenoxy) is 1. The third-order valence-electron chi connectivity index (χ3n) is 5.58. The van der Waals surface area contributed by atoms with Crippen molar-refractivity contribution in [2.24, 2.45) is 10.2 Å². The summed E-state index contributed by atoms with van der Waals surface area (Å²) < 4.78 is 8.32. The molecule has 2 heterocycles. The van der Waals surface area contributed by atoms with E-state index in [1.807, 2.05) is 61.5 Å². The van der Waals surface area contributed by atoms with E-state index in [1.54, 1.807) is 31.4 Å². The average Bonchev–Trinajstić information content (AvgIpc) is 3.43. The van der Waals surface area contributed by atoms with Gasteiger partial charge in [-0.3, -0.25) is 9.36 Å². The summed E-state index contributed by atoms with van der Waals surface area (Å²) in [7, 11) is 1.60. The SMILES string of the molecule is COc1ccc(-c2cc(-n3cncn3)n(-c3cccc(Cl)c3)c(=O)c2N=Nc2ccc(C)cc2)cc1. The van der Waals surface area contributed by atoms with Gasteiger partial charge in [0, 0.05) is 10.6 Å². The first-order chi connectivity index (χ1) is 17.5. The number of aryl methyl sites for hydroxylation is 1. The molecular weight excluding hydrogens is 476 g/mol. The van der Waals surface area contributed by atoms with Crippen LogP contribution in [-0.2, 0) is 0 Å². The summed E-state index contributed by atoms with van der Waals surface area (Å²) in [5.41, 5.74) is 3.44. The van der Waals surface area contributed by atoms with Crippen LogP contribution < -0.4 is 10.3 Å². The van der Waals surface area contributed by atoms with Crippen molar-refractivity contribution in [3.05, 3.63) is 112 Å². The van der Waals surface area contributed by atoms with Crippen LogP contribution in [0.5, 0.6) is 5.75 Å². The number of rotatable bonds is 6. The molecule has 0 N–H and O–H groups in total. The van der Waals surface area contributed by atoms with E-state index < -0.39 is 0 Å². The Morgan fingerprint density at radius 2 is 1.72 bits per heavy atom. The van der Waals surface area contributed by atoms with Crippen molar-refractivity contribution in [2.75, 3.05) is 7.11 Å². The third kappa shape index (κ3) is 4.67. The summed E-state index contributed by atoms with van der Waals surface area (Å²) in [6.45, 7) is 2.00. The maximum Gasteiger partial charge on any atom is 0.285 e. The number of azo groups is 1. The lowest BCUT2D eigenvalue weighted by atomic mass is 10.0. The average molecular weight is 497 g/mol. The Morgan fingerprint density at radius 1 is 0.944 bits per heavy atom. The topological polar surface area (TPSA) is 86.7 Å². The lowest BCUT2D eigenvalue weighted by molar-refractivity contribution is 0.415. The standard InChI is InChI=1S/C27H21ClN6O2/c1-18-6-10-21(11-7-18)31-32-26-24(19-8-12-23(36-2)13-9-19)15-25(33-17-29-16-30-33)34(27(26)35)22-5-3-4-20(28)14-22/h3-17H,1-2H3. The van der Waals surface area contributed by atoms with E-state index in [0.29, 0.717) is 33.5 Å². The highest BCUT2D eigenvalue weighted by molar-refractivity contribution is 6.30. The van der Waals surface area contributed by atoms with Gasteiger partial charge in [-0.05, 0) is 61.0 Å². The van der Waals surface area contributed by atoms with Crippen LogP contribution in [0, 0.1) is 6.92 Å². The maximum atomic E-state index is 14.1. The molecule has 5 rings (SSSR count). The minimum absolute atomic E-state index is 0.171. The fourth-order valence-corrected chi connectivity index (χ4v) is 3.94. The van der Waals surface area contributed by atoms with Gasteiger partial charge in [-0.2, -0.15) is 10.2 Å². The van der Waals surface area contributed by atoms with Gasteiger partial charge in [0.05, 0.1) is 18.5 Å². The van der Waals surface area contributed by atoms with Gasteiger partial charge >= 0.3 is 0 Å². The van der Waals surface area contributed by atoms with Gasteiger partial charge < -0.3 is 4.74 Å². The summed E-state index contributed by atoms with van der Waals surface area (Å²) in [6.07, 6.45) is 2.94. The summed E-state index contributed by atoms with van der Waals surface area (Å²) in [6, 6.07) is 23.8. The maximum absolute atomic E-state index is 14.1. The Bertz CT molecular complexity index is 1590. The molecule has 3 aromatic carbocycles. The molecule has 36 heavy (non-hydrogen) atoms. The predicted molar refractivity (Wildman–Crippen MR) is 139 cm³/mol. The Kier molecular flexibility index (Phi) is 6.42. The lowest BCUT2D eigenvalue weighted by Crippen LogP contribution is -2.23.